The van der Waals surface area contributed by atoms with Crippen molar-refractivity contribution < 1.29 is 29.1 Å². The van der Waals surface area contributed by atoms with Gasteiger partial charge in [0.1, 0.15) is 17.4 Å². The maximum absolute atomic E-state index is 13.1. The molecule has 230 valence electrons. The summed E-state index contributed by atoms with van der Waals surface area (Å²) in [5.41, 5.74) is 0.396. The van der Waals surface area contributed by atoms with E-state index in [1.165, 1.54) is 13.1 Å². The first-order valence-corrected chi connectivity index (χ1v) is 14.0. The number of hydrogen-bond donors (Lipinski definition) is 5. The van der Waals surface area contributed by atoms with Gasteiger partial charge >= 0.3 is 17.7 Å². The smallest absolute Gasteiger partial charge is 0.346 e. The minimum absolute atomic E-state index is 0.143. The summed E-state index contributed by atoms with van der Waals surface area (Å²) in [5.74, 6) is -2.58. The Morgan fingerprint density at radius 1 is 1.00 bits per heavy atom. The number of H-pyrrole nitrogens is 1. The number of Topliss-reactive ketones (excluding diaryl/α,β-unsaturated/α-hetero) is 1. The number of amides is 4. The summed E-state index contributed by atoms with van der Waals surface area (Å²) in [7, 11) is 0. The highest BCUT2D eigenvalue weighted by molar-refractivity contribution is 6.06. The minimum Gasteiger partial charge on any atom is -0.480 e. The van der Waals surface area contributed by atoms with E-state index >= 15 is 0 Å². The number of urea groups is 1. The van der Waals surface area contributed by atoms with Crippen LogP contribution in [-0.4, -0.2) is 74.2 Å². The Hall–Kier alpha value is -5.33. The number of aliphatic carboxylic acids is 1. The molecule has 0 radical (unpaired) electrons. The highest BCUT2D eigenvalue weighted by Gasteiger charge is 2.42. The number of aromatic amines is 1. The number of ketones is 1. The minimum atomic E-state index is -1.51. The zero-order chi connectivity index (χ0) is 32.0. The molecule has 1 atom stereocenters. The van der Waals surface area contributed by atoms with Crippen molar-refractivity contribution in [2.45, 2.75) is 51.6 Å². The molecule has 1 aliphatic rings. The number of carbonyl (C=O) groups is 5. The van der Waals surface area contributed by atoms with E-state index in [9.17, 15) is 33.9 Å². The van der Waals surface area contributed by atoms with Crippen LogP contribution < -0.4 is 21.6 Å². The summed E-state index contributed by atoms with van der Waals surface area (Å²) in [5, 5.41) is 17.5. The van der Waals surface area contributed by atoms with Gasteiger partial charge in [0, 0.05) is 42.4 Å². The molecule has 0 aliphatic carbocycles. The number of aromatic nitrogens is 2. The molecule has 5 N–H and O–H groups in total. The van der Waals surface area contributed by atoms with Gasteiger partial charge in [0.05, 0.1) is 0 Å². The number of anilines is 1. The first kappa shape index (κ1) is 31.6. The zero-order valence-corrected chi connectivity index (χ0v) is 24.6. The molecule has 2 heterocycles. The summed E-state index contributed by atoms with van der Waals surface area (Å²) < 4.78 is 0. The molecule has 1 saturated heterocycles. The molecule has 44 heavy (non-hydrogen) atoms. The summed E-state index contributed by atoms with van der Waals surface area (Å²) in [6, 6.07) is 11.6. The van der Waals surface area contributed by atoms with Crippen molar-refractivity contribution in [3.63, 3.8) is 0 Å². The first-order chi connectivity index (χ1) is 20.9. The first-order valence-electron chi connectivity index (χ1n) is 14.0. The lowest BCUT2D eigenvalue weighted by Gasteiger charge is -2.40. The Morgan fingerprint density at radius 3 is 2.23 bits per heavy atom. The molecular formula is C31H34N6O7. The molecule has 4 amide bonds. The van der Waals surface area contributed by atoms with Gasteiger partial charge in [-0.05, 0) is 56.9 Å². The molecule has 1 aromatic heterocycles. The van der Waals surface area contributed by atoms with Crippen molar-refractivity contribution in [2.24, 2.45) is 0 Å². The number of hydrogen-bond acceptors (Lipinski definition) is 7. The fourth-order valence-electron chi connectivity index (χ4n) is 5.28. The van der Waals surface area contributed by atoms with E-state index in [1.54, 1.807) is 67.3 Å². The Morgan fingerprint density at radius 2 is 1.64 bits per heavy atom. The van der Waals surface area contributed by atoms with E-state index in [-0.39, 0.29) is 55.4 Å². The lowest BCUT2D eigenvalue weighted by molar-refractivity contribution is -0.139. The van der Waals surface area contributed by atoms with E-state index in [2.05, 4.69) is 25.9 Å². The highest BCUT2D eigenvalue weighted by Crippen LogP contribution is 2.25. The average Bonchev–Trinajstić information content (AvgIpc) is 2.98. The third-order valence-electron chi connectivity index (χ3n) is 7.81. The second-order valence-electron chi connectivity index (χ2n) is 10.8. The molecule has 0 bridgehead atoms. The van der Waals surface area contributed by atoms with E-state index in [4.69, 9.17) is 0 Å². The fourth-order valence-corrected chi connectivity index (χ4v) is 5.28. The van der Waals surface area contributed by atoms with Gasteiger partial charge in [-0.15, -0.1) is 0 Å². The van der Waals surface area contributed by atoms with Crippen LogP contribution in [-0.2, 0) is 16.0 Å². The van der Waals surface area contributed by atoms with Crippen molar-refractivity contribution in [1.82, 2.24) is 25.5 Å². The largest absolute Gasteiger partial charge is 0.480 e. The van der Waals surface area contributed by atoms with Crippen LogP contribution in [0, 0.1) is 13.8 Å². The van der Waals surface area contributed by atoms with Crippen LogP contribution in [0.3, 0.4) is 0 Å². The second-order valence-corrected chi connectivity index (χ2v) is 10.8. The van der Waals surface area contributed by atoms with Crippen LogP contribution in [0.15, 0.2) is 59.5 Å². The SMILES string of the molecule is CC(=O)C1(NC(=O)NC(Cc2c[nH]c(=O)nc2NC(=O)c2c(C)cccc2C)C(=O)O)CCN(C(=O)c2ccccc2)CC1. The average molecular weight is 603 g/mol. The highest BCUT2D eigenvalue weighted by atomic mass is 16.4. The number of carbonyl (C=O) groups excluding carboxylic acids is 4. The van der Waals surface area contributed by atoms with E-state index in [0.717, 1.165) is 0 Å². The van der Waals surface area contributed by atoms with Crippen molar-refractivity contribution in [3.05, 3.63) is 93.0 Å². The molecule has 0 spiro atoms. The Labute approximate surface area is 253 Å². The topological polar surface area (TPSA) is 191 Å². The van der Waals surface area contributed by atoms with Gasteiger partial charge in [0.2, 0.25) is 0 Å². The summed E-state index contributed by atoms with van der Waals surface area (Å²) in [6.07, 6.45) is 1.16. The van der Waals surface area contributed by atoms with Gasteiger partial charge in [-0.1, -0.05) is 36.4 Å². The molecule has 13 nitrogen and oxygen atoms in total. The Balaban J connectivity index is 1.46. The fraction of sp³-hybridized carbons (Fsp3) is 0.323. The van der Waals surface area contributed by atoms with Crippen molar-refractivity contribution >= 4 is 35.4 Å². The van der Waals surface area contributed by atoms with Gasteiger partial charge in [0.15, 0.2) is 5.78 Å². The van der Waals surface area contributed by atoms with Crippen molar-refractivity contribution in [2.75, 3.05) is 18.4 Å². The standard InChI is InChI=1S/C31H34N6O7/c1-18-8-7-9-19(2)24(18)26(39)34-25-22(17-32-29(43)35-25)16-23(28(41)42)33-30(44)36-31(20(3)38)12-14-37(15-13-31)27(40)21-10-5-4-6-11-21/h4-11,17,23H,12-16H2,1-3H3,(H,41,42)(H2,33,36,44)(H2,32,34,35,39,43). The van der Waals surface area contributed by atoms with Crippen LogP contribution in [0.4, 0.5) is 10.6 Å². The normalized spacial score (nSPS) is 14.7. The number of nitrogens with zero attached hydrogens (tertiary/aromatic N) is 2. The summed E-state index contributed by atoms with van der Waals surface area (Å²) in [6.45, 7) is 5.28. The number of aryl methyl sites for hydroxylation is 2. The quantitative estimate of drug-likeness (QED) is 0.246. The van der Waals surface area contributed by atoms with Gasteiger partial charge in [-0.3, -0.25) is 14.4 Å². The zero-order valence-electron chi connectivity index (χ0n) is 24.6. The number of piperidine rings is 1. The lowest BCUT2D eigenvalue weighted by atomic mass is 9.84. The van der Waals surface area contributed by atoms with Crippen LogP contribution in [0.2, 0.25) is 0 Å². The number of carboxylic acids is 1. The van der Waals surface area contributed by atoms with Crippen LogP contribution in [0.5, 0.6) is 0 Å². The van der Waals surface area contributed by atoms with E-state index in [0.29, 0.717) is 22.3 Å². The Kier molecular flexibility index (Phi) is 9.57. The van der Waals surface area contributed by atoms with E-state index in [1.807, 2.05) is 0 Å². The van der Waals surface area contributed by atoms with Gasteiger partial charge in [0.25, 0.3) is 11.8 Å². The van der Waals surface area contributed by atoms with Crippen LogP contribution in [0.1, 0.15) is 57.2 Å². The summed E-state index contributed by atoms with van der Waals surface area (Å²) >= 11 is 0. The van der Waals surface area contributed by atoms with Crippen molar-refractivity contribution in [1.29, 1.82) is 0 Å². The summed E-state index contributed by atoms with van der Waals surface area (Å²) in [4.78, 5) is 83.7. The lowest BCUT2D eigenvalue weighted by Crippen LogP contribution is -2.63. The molecule has 1 unspecified atom stereocenters. The monoisotopic (exact) mass is 602 g/mol. The van der Waals surface area contributed by atoms with Crippen LogP contribution >= 0.6 is 0 Å². The van der Waals surface area contributed by atoms with Crippen molar-refractivity contribution in [3.8, 4) is 0 Å². The second kappa shape index (κ2) is 13.3. The third kappa shape index (κ3) is 7.17. The van der Waals surface area contributed by atoms with Gasteiger partial charge in [-0.25, -0.2) is 14.4 Å². The predicted octanol–water partition coefficient (Wildman–Crippen LogP) is 2.20. The number of carboxylic acid groups (broad SMARTS) is 1. The maximum Gasteiger partial charge on any atom is 0.346 e. The maximum atomic E-state index is 13.1. The molecule has 1 fully saturated rings. The third-order valence-corrected chi connectivity index (χ3v) is 7.81. The number of benzene rings is 2. The molecular weight excluding hydrogens is 568 g/mol. The molecule has 0 saturated carbocycles. The number of nitrogens with one attached hydrogen (secondary N) is 4. The Bertz CT molecular complexity index is 1620. The van der Waals surface area contributed by atoms with Crippen LogP contribution in [0.25, 0.3) is 0 Å². The molecule has 3 aromatic rings. The molecule has 4 rings (SSSR count). The molecule has 13 heteroatoms. The van der Waals surface area contributed by atoms with Gasteiger partial charge < -0.3 is 30.9 Å². The predicted molar refractivity (Wildman–Crippen MR) is 161 cm³/mol. The number of likely N-dealkylation sites (tertiary alicyclic amines) is 1. The molecule has 2 aromatic carbocycles. The molecule has 1 aliphatic heterocycles. The van der Waals surface area contributed by atoms with Gasteiger partial charge in [-0.2, -0.15) is 4.98 Å². The number of rotatable bonds is 9. The van der Waals surface area contributed by atoms with E-state index < -0.39 is 35.2 Å².